The number of phenolic OH excluding ortho intramolecular Hbond substituents is 1. The molecule has 0 saturated carbocycles. The Morgan fingerprint density at radius 1 is 1.07 bits per heavy atom. The van der Waals surface area contributed by atoms with Crippen LogP contribution in [0.2, 0.25) is 0 Å². The van der Waals surface area contributed by atoms with E-state index in [9.17, 15) is 5.11 Å². The van der Waals surface area contributed by atoms with Crippen molar-refractivity contribution in [1.29, 1.82) is 0 Å². The summed E-state index contributed by atoms with van der Waals surface area (Å²) in [4.78, 5) is 4.71. The fraction of sp³-hybridized carbons (Fsp3) is 0.435. The third-order valence-corrected chi connectivity index (χ3v) is 4.39. The highest BCUT2D eigenvalue weighted by atomic mass is 127. The third kappa shape index (κ3) is 9.67. The third-order valence-electron chi connectivity index (χ3n) is 4.39. The van der Waals surface area contributed by atoms with E-state index < -0.39 is 0 Å². The SMILES string of the molecule is CCNC(=NCc1ccc(C)cc1OCCOC)NCCCc1ccc(O)cc1.I. The highest BCUT2D eigenvalue weighted by Crippen LogP contribution is 2.21. The summed E-state index contributed by atoms with van der Waals surface area (Å²) >= 11 is 0. The van der Waals surface area contributed by atoms with Crippen molar-refractivity contribution in [3.63, 3.8) is 0 Å². The molecule has 0 amide bonds. The van der Waals surface area contributed by atoms with Crippen LogP contribution < -0.4 is 15.4 Å². The van der Waals surface area contributed by atoms with Crippen molar-refractivity contribution in [1.82, 2.24) is 10.6 Å². The fourth-order valence-corrected chi connectivity index (χ4v) is 2.83. The van der Waals surface area contributed by atoms with Crippen molar-refractivity contribution >= 4 is 29.9 Å². The molecule has 0 aliphatic rings. The Morgan fingerprint density at radius 3 is 2.53 bits per heavy atom. The van der Waals surface area contributed by atoms with Crippen LogP contribution >= 0.6 is 24.0 Å². The highest BCUT2D eigenvalue weighted by Gasteiger charge is 2.05. The number of halogens is 1. The lowest BCUT2D eigenvalue weighted by atomic mass is 10.1. The molecule has 3 N–H and O–H groups in total. The molecule has 0 radical (unpaired) electrons. The monoisotopic (exact) mass is 527 g/mol. The van der Waals surface area contributed by atoms with E-state index in [1.807, 2.05) is 18.2 Å². The second-order valence-electron chi connectivity index (χ2n) is 6.84. The number of aliphatic imine (C=N–C) groups is 1. The van der Waals surface area contributed by atoms with Crippen LogP contribution in [0.4, 0.5) is 0 Å². The molecule has 0 aliphatic carbocycles. The van der Waals surface area contributed by atoms with Crippen LogP contribution in [0.1, 0.15) is 30.0 Å². The first-order chi connectivity index (χ1) is 14.1. The Balaban J connectivity index is 0.00000450. The predicted molar refractivity (Wildman–Crippen MR) is 133 cm³/mol. The molecule has 0 fully saturated rings. The van der Waals surface area contributed by atoms with Crippen molar-refractivity contribution in [2.45, 2.75) is 33.2 Å². The van der Waals surface area contributed by atoms with Gasteiger partial charge in [0, 0.05) is 25.8 Å². The molecule has 0 aromatic heterocycles. The van der Waals surface area contributed by atoms with Gasteiger partial charge in [-0.15, -0.1) is 24.0 Å². The zero-order chi connectivity index (χ0) is 20.9. The van der Waals surface area contributed by atoms with Gasteiger partial charge in [0.25, 0.3) is 0 Å². The predicted octanol–water partition coefficient (Wildman–Crippen LogP) is 4.03. The van der Waals surface area contributed by atoms with Crippen LogP contribution in [-0.2, 0) is 17.7 Å². The second-order valence-corrected chi connectivity index (χ2v) is 6.84. The molecule has 7 heteroatoms. The van der Waals surface area contributed by atoms with Gasteiger partial charge in [0.1, 0.15) is 18.1 Å². The lowest BCUT2D eigenvalue weighted by molar-refractivity contribution is 0.145. The Morgan fingerprint density at radius 2 is 1.83 bits per heavy atom. The number of nitrogens with zero attached hydrogens (tertiary/aromatic N) is 1. The zero-order valence-corrected chi connectivity index (χ0v) is 20.4. The molecule has 30 heavy (non-hydrogen) atoms. The summed E-state index contributed by atoms with van der Waals surface area (Å²) in [6.07, 6.45) is 1.92. The van der Waals surface area contributed by atoms with Gasteiger partial charge in [0.15, 0.2) is 5.96 Å². The molecule has 0 atom stereocenters. The zero-order valence-electron chi connectivity index (χ0n) is 18.1. The minimum absolute atomic E-state index is 0. The standard InChI is InChI=1S/C23H33N3O3.HI/c1-4-24-23(25-13-5-6-19-8-11-21(27)12-9-19)26-17-20-10-7-18(2)16-22(20)29-15-14-28-3;/h7-12,16,27H,4-6,13-15,17H2,1-3H3,(H2,24,25,26);1H. The average Bonchev–Trinajstić information content (AvgIpc) is 2.72. The maximum atomic E-state index is 9.36. The number of phenols is 1. The summed E-state index contributed by atoms with van der Waals surface area (Å²) < 4.78 is 10.9. The maximum absolute atomic E-state index is 9.36. The van der Waals surface area contributed by atoms with Crippen molar-refractivity contribution in [3.05, 3.63) is 59.2 Å². The molecular formula is C23H34IN3O3. The quantitative estimate of drug-likeness (QED) is 0.178. The van der Waals surface area contributed by atoms with E-state index in [4.69, 9.17) is 14.5 Å². The second kappa shape index (κ2) is 14.9. The van der Waals surface area contributed by atoms with Crippen molar-refractivity contribution in [2.24, 2.45) is 4.99 Å². The van der Waals surface area contributed by atoms with Gasteiger partial charge in [-0.2, -0.15) is 0 Å². The maximum Gasteiger partial charge on any atom is 0.191 e. The summed E-state index contributed by atoms with van der Waals surface area (Å²) in [7, 11) is 1.67. The smallest absolute Gasteiger partial charge is 0.191 e. The number of nitrogens with one attached hydrogen (secondary N) is 2. The van der Waals surface area contributed by atoms with Crippen LogP contribution in [-0.4, -0.2) is 44.5 Å². The lowest BCUT2D eigenvalue weighted by Gasteiger charge is -2.13. The van der Waals surface area contributed by atoms with Gasteiger partial charge >= 0.3 is 0 Å². The topological polar surface area (TPSA) is 75.1 Å². The van der Waals surface area contributed by atoms with Crippen LogP contribution in [0, 0.1) is 6.92 Å². The normalized spacial score (nSPS) is 11.0. The average molecular weight is 527 g/mol. The fourth-order valence-electron chi connectivity index (χ4n) is 2.83. The number of aromatic hydroxyl groups is 1. The van der Waals surface area contributed by atoms with E-state index in [0.29, 0.717) is 25.5 Å². The molecule has 2 aromatic carbocycles. The Kier molecular flexibility index (Phi) is 12.9. The van der Waals surface area contributed by atoms with Crippen molar-refractivity contribution in [2.75, 3.05) is 33.4 Å². The van der Waals surface area contributed by atoms with Gasteiger partial charge in [-0.05, 0) is 56.0 Å². The molecule has 0 saturated heterocycles. The largest absolute Gasteiger partial charge is 0.508 e. The molecule has 2 rings (SSSR count). The minimum Gasteiger partial charge on any atom is -0.508 e. The summed E-state index contributed by atoms with van der Waals surface area (Å²) in [5.74, 6) is 1.95. The van der Waals surface area contributed by atoms with E-state index >= 15 is 0 Å². The summed E-state index contributed by atoms with van der Waals surface area (Å²) in [5, 5.41) is 16.0. The Labute approximate surface area is 197 Å². The van der Waals surface area contributed by atoms with E-state index in [1.165, 1.54) is 5.56 Å². The van der Waals surface area contributed by atoms with Gasteiger partial charge < -0.3 is 25.2 Å². The van der Waals surface area contributed by atoms with Gasteiger partial charge in [0.05, 0.1) is 13.2 Å². The van der Waals surface area contributed by atoms with E-state index in [2.05, 4.69) is 36.6 Å². The number of ether oxygens (including phenoxy) is 2. The Hall–Kier alpha value is -2.00. The lowest BCUT2D eigenvalue weighted by Crippen LogP contribution is -2.37. The molecular weight excluding hydrogens is 493 g/mol. The van der Waals surface area contributed by atoms with Crippen LogP contribution in [0.25, 0.3) is 0 Å². The van der Waals surface area contributed by atoms with E-state index in [1.54, 1.807) is 19.2 Å². The first kappa shape index (κ1) is 26.0. The summed E-state index contributed by atoms with van der Waals surface area (Å²) in [6.45, 7) is 7.34. The number of rotatable bonds is 11. The van der Waals surface area contributed by atoms with E-state index in [0.717, 1.165) is 48.8 Å². The molecule has 0 spiro atoms. The minimum atomic E-state index is 0. The molecule has 0 unspecified atom stereocenters. The molecule has 166 valence electrons. The van der Waals surface area contributed by atoms with Crippen LogP contribution in [0.15, 0.2) is 47.5 Å². The van der Waals surface area contributed by atoms with Crippen molar-refractivity contribution < 1.29 is 14.6 Å². The summed E-state index contributed by atoms with van der Waals surface area (Å²) in [6, 6.07) is 13.5. The number of guanidine groups is 1. The molecule has 2 aromatic rings. The molecule has 0 aliphatic heterocycles. The van der Waals surface area contributed by atoms with Crippen LogP contribution in [0.3, 0.4) is 0 Å². The number of benzene rings is 2. The number of hydrogen-bond donors (Lipinski definition) is 3. The number of aryl methyl sites for hydroxylation is 2. The number of hydrogen-bond acceptors (Lipinski definition) is 4. The van der Waals surface area contributed by atoms with Crippen molar-refractivity contribution in [3.8, 4) is 11.5 Å². The van der Waals surface area contributed by atoms with Gasteiger partial charge in [-0.25, -0.2) is 4.99 Å². The van der Waals surface area contributed by atoms with Gasteiger partial charge in [-0.3, -0.25) is 0 Å². The molecule has 6 nitrogen and oxygen atoms in total. The molecule has 0 heterocycles. The highest BCUT2D eigenvalue weighted by molar-refractivity contribution is 14.0. The van der Waals surface area contributed by atoms with Gasteiger partial charge in [0.2, 0.25) is 0 Å². The van der Waals surface area contributed by atoms with Gasteiger partial charge in [-0.1, -0.05) is 24.3 Å². The van der Waals surface area contributed by atoms with E-state index in [-0.39, 0.29) is 24.0 Å². The number of methoxy groups -OCH3 is 1. The Bertz CT molecular complexity index is 767. The van der Waals surface area contributed by atoms with Crippen LogP contribution in [0.5, 0.6) is 11.5 Å². The summed E-state index contributed by atoms with van der Waals surface area (Å²) in [5.41, 5.74) is 3.42. The first-order valence-corrected chi connectivity index (χ1v) is 10.1. The molecule has 0 bridgehead atoms. The first-order valence-electron chi connectivity index (χ1n) is 10.1.